The van der Waals surface area contributed by atoms with Crippen LogP contribution in [0, 0.1) is 11.8 Å². The highest BCUT2D eigenvalue weighted by Gasteiger charge is 2.51. The van der Waals surface area contributed by atoms with Crippen LogP contribution in [0.5, 0.6) is 0 Å². The third-order valence-electron chi connectivity index (χ3n) is 8.82. The highest BCUT2D eigenvalue weighted by Crippen LogP contribution is 2.48. The number of ether oxygens (including phenoxy) is 1. The van der Waals surface area contributed by atoms with Crippen molar-refractivity contribution in [2.45, 2.75) is 148 Å². The Kier molecular flexibility index (Phi) is 9.71. The van der Waals surface area contributed by atoms with Crippen LogP contribution in [0.2, 0.25) is 36.3 Å². The Labute approximate surface area is 207 Å². The van der Waals surface area contributed by atoms with E-state index in [0.717, 1.165) is 12.8 Å². The fourth-order valence-corrected chi connectivity index (χ4v) is 7.26. The fourth-order valence-electron chi connectivity index (χ4n) is 4.59. The minimum absolute atomic E-state index is 0.101. The summed E-state index contributed by atoms with van der Waals surface area (Å²) in [5.74, 6) is 0.605. The van der Waals surface area contributed by atoms with E-state index in [2.05, 4.69) is 86.8 Å². The summed E-state index contributed by atoms with van der Waals surface area (Å²) in [5.41, 5.74) is 0. The van der Waals surface area contributed by atoms with Crippen molar-refractivity contribution in [3.8, 4) is 0 Å². The van der Waals surface area contributed by atoms with Gasteiger partial charge in [0.1, 0.15) is 0 Å². The van der Waals surface area contributed by atoms with Crippen molar-refractivity contribution in [3.05, 3.63) is 12.2 Å². The predicted octanol–water partition coefficient (Wildman–Crippen LogP) is 7.65. The van der Waals surface area contributed by atoms with Crippen LogP contribution in [-0.2, 0) is 13.6 Å². The van der Waals surface area contributed by atoms with Crippen molar-refractivity contribution in [2.24, 2.45) is 11.8 Å². The van der Waals surface area contributed by atoms with Gasteiger partial charge in [-0.1, -0.05) is 79.9 Å². The van der Waals surface area contributed by atoms with Crippen LogP contribution in [0.25, 0.3) is 0 Å². The molecule has 0 radical (unpaired) electrons. The van der Waals surface area contributed by atoms with E-state index in [1.54, 1.807) is 0 Å². The minimum atomic E-state index is -1.90. The molecule has 1 aliphatic heterocycles. The van der Waals surface area contributed by atoms with Crippen LogP contribution >= 0.6 is 0 Å². The van der Waals surface area contributed by atoms with Crippen LogP contribution in [0.4, 0.5) is 0 Å². The molecule has 0 aromatic carbocycles. The zero-order chi connectivity index (χ0) is 25.2. The maximum absolute atomic E-state index is 10.2. The molecule has 4 nitrogen and oxygen atoms in total. The molecule has 2 rings (SSSR count). The summed E-state index contributed by atoms with van der Waals surface area (Å²) < 4.78 is 19.7. The molecule has 0 aromatic heterocycles. The molecule has 1 unspecified atom stereocenters. The molecule has 0 amide bonds. The summed E-state index contributed by atoms with van der Waals surface area (Å²) in [4.78, 5) is 0. The summed E-state index contributed by atoms with van der Waals surface area (Å²) in [6.45, 7) is 25.5. The van der Waals surface area contributed by atoms with E-state index < -0.39 is 22.9 Å². The first-order valence-corrected chi connectivity index (χ1v) is 19.2. The van der Waals surface area contributed by atoms with E-state index in [1.165, 1.54) is 19.3 Å². The molecule has 33 heavy (non-hydrogen) atoms. The molecule has 2 fully saturated rings. The second-order valence-corrected chi connectivity index (χ2v) is 23.1. The van der Waals surface area contributed by atoms with Gasteiger partial charge in [-0.2, -0.15) is 0 Å². The van der Waals surface area contributed by atoms with E-state index >= 15 is 0 Å². The standard InChI is InChI=1S/C27H54O4Si2/c1-12-13-14-15-20(30-32(8,9)26(2,3)4)16-17-21-22-18-25(28)29-23(22)19-24(21)31-33(10,11)27(5,6)7/h16-17,20-25,28H,12-15,18-19H2,1-11H3/t20-,21+,22+,23-,24+,25?/m0/s1. The van der Waals surface area contributed by atoms with Gasteiger partial charge in [-0.15, -0.1) is 0 Å². The van der Waals surface area contributed by atoms with E-state index in [0.29, 0.717) is 12.3 Å². The SMILES string of the molecule is CCCCC[C@@H](C=C[C@@H]1[C@H]2CC(O)O[C@H]2C[C@H]1O[Si](C)(C)C(C)(C)C)O[Si](C)(C)C(C)(C)C. The second kappa shape index (κ2) is 11.0. The lowest BCUT2D eigenvalue weighted by molar-refractivity contribution is -0.0945. The monoisotopic (exact) mass is 498 g/mol. The summed E-state index contributed by atoms with van der Waals surface area (Å²) in [6.07, 6.45) is 10.8. The topological polar surface area (TPSA) is 47.9 Å². The number of fused-ring (bicyclic) bond motifs is 1. The third-order valence-corrected chi connectivity index (χ3v) is 17.8. The Morgan fingerprint density at radius 1 is 0.970 bits per heavy atom. The Balaban J connectivity index is 2.25. The Morgan fingerprint density at radius 2 is 1.58 bits per heavy atom. The van der Waals surface area contributed by atoms with Crippen molar-refractivity contribution < 1.29 is 18.7 Å². The number of hydrogen-bond acceptors (Lipinski definition) is 4. The molecule has 1 aliphatic carbocycles. The van der Waals surface area contributed by atoms with Crippen molar-refractivity contribution in [2.75, 3.05) is 0 Å². The maximum atomic E-state index is 10.2. The number of aliphatic hydroxyl groups excluding tert-OH is 1. The van der Waals surface area contributed by atoms with Gasteiger partial charge >= 0.3 is 0 Å². The summed E-state index contributed by atoms with van der Waals surface area (Å²) in [6, 6.07) is 0. The van der Waals surface area contributed by atoms with Crippen LogP contribution in [-0.4, -0.2) is 46.3 Å². The quantitative estimate of drug-likeness (QED) is 0.191. The van der Waals surface area contributed by atoms with Gasteiger partial charge in [0.2, 0.25) is 0 Å². The molecule has 6 atom stereocenters. The fraction of sp³-hybridized carbons (Fsp3) is 0.926. The van der Waals surface area contributed by atoms with Crippen molar-refractivity contribution in [1.29, 1.82) is 0 Å². The lowest BCUT2D eigenvalue weighted by Gasteiger charge is -2.40. The molecule has 1 N–H and O–H groups in total. The molecule has 6 heteroatoms. The number of hydrogen-bond donors (Lipinski definition) is 1. The third kappa shape index (κ3) is 7.50. The van der Waals surface area contributed by atoms with E-state index in [-0.39, 0.29) is 34.3 Å². The van der Waals surface area contributed by atoms with Crippen LogP contribution in [0.1, 0.15) is 87.0 Å². The minimum Gasteiger partial charge on any atom is -0.413 e. The predicted molar refractivity (Wildman–Crippen MR) is 145 cm³/mol. The highest BCUT2D eigenvalue weighted by molar-refractivity contribution is 6.74. The molecule has 1 heterocycles. The first-order valence-electron chi connectivity index (χ1n) is 13.4. The Morgan fingerprint density at radius 3 is 2.12 bits per heavy atom. The highest BCUT2D eigenvalue weighted by atomic mass is 28.4. The Bertz CT molecular complexity index is 647. The van der Waals surface area contributed by atoms with Gasteiger partial charge in [0.15, 0.2) is 22.9 Å². The average Bonchev–Trinajstić information content (AvgIpc) is 3.12. The molecular weight excluding hydrogens is 444 g/mol. The van der Waals surface area contributed by atoms with Gasteiger partial charge in [0.25, 0.3) is 0 Å². The maximum Gasteiger partial charge on any atom is 0.192 e. The lowest BCUT2D eigenvalue weighted by Crippen LogP contribution is -2.45. The van der Waals surface area contributed by atoms with Crippen LogP contribution < -0.4 is 0 Å². The number of unbranched alkanes of at least 4 members (excludes halogenated alkanes) is 2. The van der Waals surface area contributed by atoms with Gasteiger partial charge in [0.05, 0.1) is 18.3 Å². The van der Waals surface area contributed by atoms with Crippen molar-refractivity contribution in [1.82, 2.24) is 0 Å². The normalized spacial score (nSPS) is 30.2. The van der Waals surface area contributed by atoms with Gasteiger partial charge in [-0.25, -0.2) is 0 Å². The largest absolute Gasteiger partial charge is 0.413 e. The van der Waals surface area contributed by atoms with Crippen LogP contribution in [0.15, 0.2) is 12.2 Å². The first kappa shape index (κ1) is 29.2. The van der Waals surface area contributed by atoms with Crippen molar-refractivity contribution in [3.63, 3.8) is 0 Å². The molecule has 0 bridgehead atoms. The molecular formula is C27H54O4Si2. The molecule has 1 saturated carbocycles. The van der Waals surface area contributed by atoms with E-state index in [9.17, 15) is 5.11 Å². The molecule has 0 spiro atoms. The van der Waals surface area contributed by atoms with E-state index in [4.69, 9.17) is 13.6 Å². The molecule has 194 valence electrons. The lowest BCUT2D eigenvalue weighted by atomic mass is 9.91. The summed E-state index contributed by atoms with van der Waals surface area (Å²) >= 11 is 0. The van der Waals surface area contributed by atoms with Gasteiger partial charge in [0, 0.05) is 12.3 Å². The zero-order valence-corrected chi connectivity index (χ0v) is 25.5. The van der Waals surface area contributed by atoms with Gasteiger partial charge in [-0.05, 0) is 55.0 Å². The first-order chi connectivity index (χ1) is 15.0. The average molecular weight is 499 g/mol. The van der Waals surface area contributed by atoms with Gasteiger partial charge in [-0.3, -0.25) is 0 Å². The smallest absolute Gasteiger partial charge is 0.192 e. The molecule has 1 saturated heterocycles. The number of rotatable bonds is 10. The second-order valence-electron chi connectivity index (χ2n) is 13.6. The summed E-state index contributed by atoms with van der Waals surface area (Å²) in [5, 5.41) is 10.5. The van der Waals surface area contributed by atoms with Gasteiger partial charge < -0.3 is 18.7 Å². The molecule has 0 aromatic rings. The Hall–Kier alpha value is 0.0138. The van der Waals surface area contributed by atoms with Crippen molar-refractivity contribution >= 4 is 16.6 Å². The molecule has 2 aliphatic rings. The number of aliphatic hydroxyl groups is 1. The van der Waals surface area contributed by atoms with E-state index in [1.807, 2.05) is 0 Å². The zero-order valence-electron chi connectivity index (χ0n) is 23.5. The van der Waals surface area contributed by atoms with Crippen LogP contribution in [0.3, 0.4) is 0 Å². The summed E-state index contributed by atoms with van der Waals surface area (Å²) in [7, 11) is -3.76.